The Hall–Kier alpha value is -1.89. The van der Waals surface area contributed by atoms with Gasteiger partial charge in [-0.3, -0.25) is 0 Å². The number of nitrogens with one attached hydrogen (secondary N) is 1. The van der Waals surface area contributed by atoms with Crippen LogP contribution in [0.2, 0.25) is 5.02 Å². The van der Waals surface area contributed by atoms with E-state index in [-0.39, 0.29) is 7.43 Å². The standard InChI is InChI=1S/C21H28ClN5O.CH4/c1-26-10-12-27(13-11-26)17-6-4-16(5-7-17)24-21-23-15-19(22)20(25-21)9-8-18-3-2-14-28-18;/h4-7,15,18H,2-3,8-14H2,1H3,(H,23,24,25);1H4. The van der Waals surface area contributed by atoms with Crippen molar-refractivity contribution < 1.29 is 4.74 Å². The number of aromatic nitrogens is 2. The summed E-state index contributed by atoms with van der Waals surface area (Å²) in [6.07, 6.45) is 6.07. The molecule has 1 aromatic heterocycles. The molecule has 0 bridgehead atoms. The van der Waals surface area contributed by atoms with E-state index in [0.717, 1.165) is 69.9 Å². The van der Waals surface area contributed by atoms with Crippen molar-refractivity contribution in [3.05, 3.63) is 41.2 Å². The molecule has 1 aromatic carbocycles. The molecule has 0 saturated carbocycles. The molecule has 3 heterocycles. The van der Waals surface area contributed by atoms with Gasteiger partial charge in [-0.2, -0.15) is 0 Å². The lowest BCUT2D eigenvalue weighted by Gasteiger charge is -2.34. The maximum Gasteiger partial charge on any atom is 0.227 e. The van der Waals surface area contributed by atoms with E-state index in [9.17, 15) is 0 Å². The predicted molar refractivity (Wildman–Crippen MR) is 121 cm³/mol. The van der Waals surface area contributed by atoms with Crippen LogP contribution in [0.25, 0.3) is 0 Å². The van der Waals surface area contributed by atoms with Crippen LogP contribution < -0.4 is 10.2 Å². The minimum atomic E-state index is 0. The SMILES string of the molecule is C.CN1CCN(c2ccc(Nc3ncc(Cl)c(CCC4CCCO4)n3)cc2)CC1. The number of benzene rings is 1. The molecule has 158 valence electrons. The number of anilines is 3. The Bertz CT molecular complexity index is 771. The molecule has 1 atom stereocenters. The highest BCUT2D eigenvalue weighted by atomic mass is 35.5. The van der Waals surface area contributed by atoms with E-state index in [2.05, 4.69) is 56.4 Å². The molecule has 0 spiro atoms. The fourth-order valence-corrected chi connectivity index (χ4v) is 3.94. The lowest BCUT2D eigenvalue weighted by Crippen LogP contribution is -2.44. The van der Waals surface area contributed by atoms with Crippen LogP contribution in [0.4, 0.5) is 17.3 Å². The van der Waals surface area contributed by atoms with Gasteiger partial charge in [0.05, 0.1) is 23.0 Å². The topological polar surface area (TPSA) is 53.5 Å². The average molecular weight is 418 g/mol. The minimum Gasteiger partial charge on any atom is -0.378 e. The van der Waals surface area contributed by atoms with Crippen LogP contribution in [0.1, 0.15) is 32.4 Å². The van der Waals surface area contributed by atoms with Gasteiger partial charge in [-0.05, 0) is 57.0 Å². The molecule has 2 saturated heterocycles. The molecule has 29 heavy (non-hydrogen) atoms. The predicted octanol–water partition coefficient (Wildman–Crippen LogP) is 4.37. The Morgan fingerprint density at radius 1 is 1.17 bits per heavy atom. The van der Waals surface area contributed by atoms with Gasteiger partial charge in [-0.1, -0.05) is 19.0 Å². The van der Waals surface area contributed by atoms with E-state index in [4.69, 9.17) is 16.3 Å². The van der Waals surface area contributed by atoms with Gasteiger partial charge < -0.3 is 19.9 Å². The first-order valence-electron chi connectivity index (χ1n) is 10.1. The quantitative estimate of drug-likeness (QED) is 0.753. The third kappa shape index (κ3) is 5.81. The summed E-state index contributed by atoms with van der Waals surface area (Å²) >= 11 is 6.30. The number of rotatable bonds is 6. The van der Waals surface area contributed by atoms with E-state index >= 15 is 0 Å². The Morgan fingerprint density at radius 3 is 2.62 bits per heavy atom. The fourth-order valence-electron chi connectivity index (χ4n) is 3.76. The second-order valence-corrected chi connectivity index (χ2v) is 8.03. The molecule has 0 amide bonds. The van der Waals surface area contributed by atoms with Crippen LogP contribution in [0.15, 0.2) is 30.5 Å². The van der Waals surface area contributed by atoms with Crippen LogP contribution in [-0.2, 0) is 11.2 Å². The van der Waals surface area contributed by atoms with Crippen LogP contribution in [0.5, 0.6) is 0 Å². The molecule has 2 aliphatic heterocycles. The van der Waals surface area contributed by atoms with Crippen molar-refractivity contribution in [3.63, 3.8) is 0 Å². The molecule has 1 unspecified atom stereocenters. The van der Waals surface area contributed by atoms with Gasteiger partial charge in [-0.25, -0.2) is 9.97 Å². The number of aryl methyl sites for hydroxylation is 1. The van der Waals surface area contributed by atoms with Gasteiger partial charge in [0, 0.05) is 44.2 Å². The normalized spacial score (nSPS) is 19.8. The molecule has 4 rings (SSSR count). The second-order valence-electron chi connectivity index (χ2n) is 7.62. The average Bonchev–Trinajstić information content (AvgIpc) is 3.23. The summed E-state index contributed by atoms with van der Waals surface area (Å²) in [6, 6.07) is 8.47. The van der Waals surface area contributed by atoms with Crippen molar-refractivity contribution in [2.45, 2.75) is 39.2 Å². The number of likely N-dealkylation sites (N-methyl/N-ethyl adjacent to an activating group) is 1. The third-order valence-corrected chi connectivity index (χ3v) is 5.85. The molecule has 6 nitrogen and oxygen atoms in total. The number of nitrogens with zero attached hydrogens (tertiary/aromatic N) is 4. The number of hydrogen-bond donors (Lipinski definition) is 1. The molecule has 2 aliphatic rings. The van der Waals surface area contributed by atoms with Gasteiger partial charge in [0.2, 0.25) is 5.95 Å². The lowest BCUT2D eigenvalue weighted by atomic mass is 10.1. The highest BCUT2D eigenvalue weighted by Gasteiger charge is 2.17. The van der Waals surface area contributed by atoms with Crippen LogP contribution >= 0.6 is 11.6 Å². The summed E-state index contributed by atoms with van der Waals surface area (Å²) in [6.45, 7) is 5.22. The first-order valence-corrected chi connectivity index (χ1v) is 10.5. The largest absolute Gasteiger partial charge is 0.378 e. The summed E-state index contributed by atoms with van der Waals surface area (Å²) in [5, 5.41) is 3.92. The van der Waals surface area contributed by atoms with E-state index < -0.39 is 0 Å². The zero-order valence-corrected chi connectivity index (χ0v) is 17.2. The molecule has 2 aromatic rings. The Labute approximate surface area is 179 Å². The number of ether oxygens (including phenoxy) is 1. The van der Waals surface area contributed by atoms with Crippen molar-refractivity contribution >= 4 is 28.9 Å². The zero-order chi connectivity index (χ0) is 19.3. The van der Waals surface area contributed by atoms with Crippen molar-refractivity contribution in [1.29, 1.82) is 0 Å². The number of hydrogen-bond acceptors (Lipinski definition) is 6. The maximum atomic E-state index is 6.30. The molecule has 7 heteroatoms. The molecule has 2 fully saturated rings. The van der Waals surface area contributed by atoms with E-state index in [1.54, 1.807) is 6.20 Å². The number of halogens is 1. The monoisotopic (exact) mass is 417 g/mol. The van der Waals surface area contributed by atoms with E-state index in [0.29, 0.717) is 17.1 Å². The molecular weight excluding hydrogens is 386 g/mol. The Balaban J connectivity index is 0.00000240. The zero-order valence-electron chi connectivity index (χ0n) is 16.4. The van der Waals surface area contributed by atoms with Gasteiger partial charge in [-0.15, -0.1) is 0 Å². The molecular formula is C22H32ClN5O. The first kappa shape index (κ1) is 21.8. The van der Waals surface area contributed by atoms with Gasteiger partial charge in [0.15, 0.2) is 0 Å². The van der Waals surface area contributed by atoms with E-state index in [1.807, 2.05) is 0 Å². The van der Waals surface area contributed by atoms with Crippen molar-refractivity contribution in [2.75, 3.05) is 50.1 Å². The van der Waals surface area contributed by atoms with Gasteiger partial charge in [0.1, 0.15) is 0 Å². The van der Waals surface area contributed by atoms with Crippen molar-refractivity contribution in [3.8, 4) is 0 Å². The smallest absolute Gasteiger partial charge is 0.227 e. The van der Waals surface area contributed by atoms with Crippen molar-refractivity contribution in [1.82, 2.24) is 14.9 Å². The summed E-state index contributed by atoms with van der Waals surface area (Å²) in [7, 11) is 2.17. The summed E-state index contributed by atoms with van der Waals surface area (Å²) in [5.41, 5.74) is 3.11. The Kier molecular flexibility index (Phi) is 7.70. The van der Waals surface area contributed by atoms with Crippen LogP contribution in [0, 0.1) is 0 Å². The Morgan fingerprint density at radius 2 is 1.93 bits per heavy atom. The van der Waals surface area contributed by atoms with E-state index in [1.165, 1.54) is 5.69 Å². The maximum absolute atomic E-state index is 6.30. The lowest BCUT2D eigenvalue weighted by molar-refractivity contribution is 0.104. The summed E-state index contributed by atoms with van der Waals surface area (Å²) in [4.78, 5) is 13.7. The molecule has 0 radical (unpaired) electrons. The molecule has 0 aliphatic carbocycles. The first-order chi connectivity index (χ1) is 13.7. The summed E-state index contributed by atoms with van der Waals surface area (Å²) < 4.78 is 5.70. The number of piperazine rings is 1. The summed E-state index contributed by atoms with van der Waals surface area (Å²) in [5.74, 6) is 0.582. The minimum absolute atomic E-state index is 0. The van der Waals surface area contributed by atoms with Crippen LogP contribution in [-0.4, -0.2) is 60.8 Å². The van der Waals surface area contributed by atoms with Crippen LogP contribution in [0.3, 0.4) is 0 Å². The highest BCUT2D eigenvalue weighted by Crippen LogP contribution is 2.24. The fraction of sp³-hybridized carbons (Fsp3) is 0.545. The highest BCUT2D eigenvalue weighted by molar-refractivity contribution is 6.31. The third-order valence-electron chi connectivity index (χ3n) is 5.54. The van der Waals surface area contributed by atoms with Crippen molar-refractivity contribution in [2.24, 2.45) is 0 Å². The van der Waals surface area contributed by atoms with Gasteiger partial charge in [0.25, 0.3) is 0 Å². The second kappa shape index (κ2) is 10.2. The molecule has 1 N–H and O–H groups in total. The van der Waals surface area contributed by atoms with Gasteiger partial charge >= 0.3 is 0 Å².